The van der Waals surface area contributed by atoms with E-state index in [4.69, 9.17) is 4.74 Å². The van der Waals surface area contributed by atoms with Gasteiger partial charge in [-0.15, -0.1) is 0 Å². The van der Waals surface area contributed by atoms with Gasteiger partial charge in [0.05, 0.1) is 0 Å². The third-order valence-electron chi connectivity index (χ3n) is 4.70. The van der Waals surface area contributed by atoms with Crippen LogP contribution in [0.4, 0.5) is 0 Å². The van der Waals surface area contributed by atoms with Gasteiger partial charge in [0, 0.05) is 12.5 Å². The first-order valence-electron chi connectivity index (χ1n) is 8.56. The van der Waals surface area contributed by atoms with E-state index in [0.29, 0.717) is 0 Å². The number of nitrogens with one attached hydrogen (secondary N) is 1. The van der Waals surface area contributed by atoms with Crippen LogP contribution in [0.5, 0.6) is 5.75 Å². The maximum Gasteiger partial charge on any atom is 0.123 e. The molecular formula is C19H29NO. The highest BCUT2D eigenvalue weighted by Crippen LogP contribution is 2.35. The molecule has 1 aliphatic carbocycles. The normalized spacial score (nSPS) is 20.9. The molecule has 0 saturated heterocycles. The Bertz CT molecular complexity index is 490. The van der Waals surface area contributed by atoms with Crippen molar-refractivity contribution < 1.29 is 4.74 Å². The zero-order valence-corrected chi connectivity index (χ0v) is 13.7. The first kappa shape index (κ1) is 14.9. The standard InChI is InChI=1S/C19H29NO/c1-14(10-11-20-17-7-8-17)4-5-15-6-9-18-16(12-15)13-19(2,3)21-18/h6,9,12,14,17,20H,4-5,7-8,10-11,13H2,1-3H3. The highest BCUT2D eigenvalue weighted by Gasteiger charge is 2.29. The lowest BCUT2D eigenvalue weighted by molar-refractivity contribution is 0.138. The lowest BCUT2D eigenvalue weighted by atomic mass is 9.95. The molecule has 1 aromatic carbocycles. The van der Waals surface area contributed by atoms with Gasteiger partial charge in [0.1, 0.15) is 11.4 Å². The third-order valence-corrected chi connectivity index (χ3v) is 4.70. The SMILES string of the molecule is CC(CCNC1CC1)CCc1ccc2c(c1)CC(C)(C)O2. The van der Waals surface area contributed by atoms with E-state index >= 15 is 0 Å². The molecule has 21 heavy (non-hydrogen) atoms. The van der Waals surface area contributed by atoms with Crippen molar-refractivity contribution in [2.75, 3.05) is 6.54 Å². The summed E-state index contributed by atoms with van der Waals surface area (Å²) in [4.78, 5) is 0. The van der Waals surface area contributed by atoms with Crippen LogP contribution < -0.4 is 10.1 Å². The van der Waals surface area contributed by atoms with Gasteiger partial charge in [-0.3, -0.25) is 0 Å². The summed E-state index contributed by atoms with van der Waals surface area (Å²) in [6.07, 6.45) is 7.60. The maximum absolute atomic E-state index is 5.95. The van der Waals surface area contributed by atoms with Gasteiger partial charge >= 0.3 is 0 Å². The Balaban J connectivity index is 1.45. The molecule has 2 nitrogen and oxygen atoms in total. The minimum absolute atomic E-state index is 0.0251. The highest BCUT2D eigenvalue weighted by molar-refractivity contribution is 5.41. The molecule has 1 fully saturated rings. The number of aryl methyl sites for hydroxylation is 1. The summed E-state index contributed by atoms with van der Waals surface area (Å²) >= 11 is 0. The minimum atomic E-state index is -0.0251. The maximum atomic E-state index is 5.95. The Morgan fingerprint density at radius 1 is 1.29 bits per heavy atom. The first-order valence-corrected chi connectivity index (χ1v) is 8.56. The van der Waals surface area contributed by atoms with Crippen LogP contribution >= 0.6 is 0 Å². The average molecular weight is 287 g/mol. The molecule has 2 aliphatic rings. The Hall–Kier alpha value is -1.02. The van der Waals surface area contributed by atoms with Crippen LogP contribution in [0.25, 0.3) is 0 Å². The predicted octanol–water partition coefficient (Wildman–Crippen LogP) is 4.11. The van der Waals surface area contributed by atoms with Crippen molar-refractivity contribution >= 4 is 0 Å². The zero-order chi connectivity index (χ0) is 14.9. The largest absolute Gasteiger partial charge is 0.487 e. The van der Waals surface area contributed by atoms with E-state index in [9.17, 15) is 0 Å². The smallest absolute Gasteiger partial charge is 0.123 e. The molecule has 3 rings (SSSR count). The van der Waals surface area contributed by atoms with Crippen molar-refractivity contribution in [2.45, 2.75) is 70.9 Å². The Morgan fingerprint density at radius 2 is 2.10 bits per heavy atom. The predicted molar refractivity (Wildman–Crippen MR) is 88.0 cm³/mol. The molecule has 0 spiro atoms. The third kappa shape index (κ3) is 4.23. The molecule has 0 bridgehead atoms. The number of hydrogen-bond acceptors (Lipinski definition) is 2. The average Bonchev–Trinajstić information content (AvgIpc) is 3.17. The van der Waals surface area contributed by atoms with Crippen molar-refractivity contribution in [3.05, 3.63) is 29.3 Å². The summed E-state index contributed by atoms with van der Waals surface area (Å²) < 4.78 is 5.95. The van der Waals surface area contributed by atoms with Crippen LogP contribution in [0.1, 0.15) is 57.6 Å². The molecule has 1 atom stereocenters. The molecule has 0 aromatic heterocycles. The summed E-state index contributed by atoms with van der Waals surface area (Å²) in [7, 11) is 0. The van der Waals surface area contributed by atoms with Gasteiger partial charge in [-0.05, 0) is 75.6 Å². The van der Waals surface area contributed by atoms with E-state index in [1.807, 2.05) is 0 Å². The second-order valence-electron chi connectivity index (χ2n) is 7.64. The van der Waals surface area contributed by atoms with Crippen molar-refractivity contribution in [1.29, 1.82) is 0 Å². The molecule has 2 heteroatoms. The second-order valence-corrected chi connectivity index (χ2v) is 7.64. The molecule has 116 valence electrons. The Morgan fingerprint density at radius 3 is 2.86 bits per heavy atom. The topological polar surface area (TPSA) is 21.3 Å². The number of ether oxygens (including phenoxy) is 1. The van der Waals surface area contributed by atoms with Crippen molar-refractivity contribution in [3.63, 3.8) is 0 Å². The van der Waals surface area contributed by atoms with Gasteiger partial charge in [0.2, 0.25) is 0 Å². The van der Waals surface area contributed by atoms with Crippen LogP contribution in [0.2, 0.25) is 0 Å². The Labute approximate surface area is 129 Å². The van der Waals surface area contributed by atoms with Crippen molar-refractivity contribution in [3.8, 4) is 5.75 Å². The lowest BCUT2D eigenvalue weighted by Crippen LogP contribution is -2.24. The zero-order valence-electron chi connectivity index (χ0n) is 13.7. The second kappa shape index (κ2) is 6.00. The van der Waals surface area contributed by atoms with Crippen LogP contribution in [0.15, 0.2) is 18.2 Å². The lowest BCUT2D eigenvalue weighted by Gasteiger charge is -2.16. The van der Waals surface area contributed by atoms with E-state index < -0.39 is 0 Å². The molecule has 1 heterocycles. The quantitative estimate of drug-likeness (QED) is 0.815. The number of rotatable bonds is 7. The van der Waals surface area contributed by atoms with Gasteiger partial charge in [-0.1, -0.05) is 19.1 Å². The molecular weight excluding hydrogens is 258 g/mol. The summed E-state index contributed by atoms with van der Waals surface area (Å²) in [5.41, 5.74) is 2.83. The van der Waals surface area contributed by atoms with E-state index in [0.717, 1.165) is 24.1 Å². The van der Waals surface area contributed by atoms with Crippen LogP contribution in [0, 0.1) is 5.92 Å². The highest BCUT2D eigenvalue weighted by atomic mass is 16.5. The number of hydrogen-bond donors (Lipinski definition) is 1. The molecule has 0 radical (unpaired) electrons. The summed E-state index contributed by atoms with van der Waals surface area (Å²) in [6.45, 7) is 7.91. The monoisotopic (exact) mass is 287 g/mol. The van der Waals surface area contributed by atoms with Crippen LogP contribution in [-0.2, 0) is 12.8 Å². The van der Waals surface area contributed by atoms with Gasteiger partial charge in [0.15, 0.2) is 0 Å². The van der Waals surface area contributed by atoms with E-state index in [-0.39, 0.29) is 5.60 Å². The fourth-order valence-corrected chi connectivity index (χ4v) is 3.20. The summed E-state index contributed by atoms with van der Waals surface area (Å²) in [5.74, 6) is 1.89. The van der Waals surface area contributed by atoms with Crippen molar-refractivity contribution in [1.82, 2.24) is 5.32 Å². The number of benzene rings is 1. The van der Waals surface area contributed by atoms with Crippen molar-refractivity contribution in [2.24, 2.45) is 5.92 Å². The van der Waals surface area contributed by atoms with E-state index in [1.54, 1.807) is 0 Å². The van der Waals surface area contributed by atoms with Gasteiger partial charge in [0.25, 0.3) is 0 Å². The minimum Gasteiger partial charge on any atom is -0.487 e. The molecule has 1 aromatic rings. The van der Waals surface area contributed by atoms with Gasteiger partial charge in [-0.2, -0.15) is 0 Å². The van der Waals surface area contributed by atoms with Crippen LogP contribution in [-0.4, -0.2) is 18.2 Å². The number of fused-ring (bicyclic) bond motifs is 1. The van der Waals surface area contributed by atoms with Gasteiger partial charge in [-0.25, -0.2) is 0 Å². The molecule has 1 saturated carbocycles. The molecule has 1 aliphatic heterocycles. The van der Waals surface area contributed by atoms with E-state index in [1.165, 1.54) is 49.8 Å². The molecule has 0 amide bonds. The first-order chi connectivity index (χ1) is 10.0. The molecule has 1 unspecified atom stereocenters. The Kier molecular flexibility index (Phi) is 4.26. The summed E-state index contributed by atoms with van der Waals surface area (Å²) in [6, 6.07) is 7.62. The fraction of sp³-hybridized carbons (Fsp3) is 0.684. The fourth-order valence-electron chi connectivity index (χ4n) is 3.20. The van der Waals surface area contributed by atoms with Gasteiger partial charge < -0.3 is 10.1 Å². The summed E-state index contributed by atoms with van der Waals surface area (Å²) in [5, 5.41) is 3.61. The van der Waals surface area contributed by atoms with E-state index in [2.05, 4.69) is 44.3 Å². The molecule has 1 N–H and O–H groups in total. The van der Waals surface area contributed by atoms with Crippen LogP contribution in [0.3, 0.4) is 0 Å².